The molecule has 5 rings (SSSR count). The zero-order valence-corrected chi connectivity index (χ0v) is 14.7. The van der Waals surface area contributed by atoms with Gasteiger partial charge < -0.3 is 14.7 Å². The lowest BCUT2D eigenvalue weighted by Gasteiger charge is -2.59. The predicted molar refractivity (Wildman–Crippen MR) is 94.3 cm³/mol. The van der Waals surface area contributed by atoms with Gasteiger partial charge in [-0.05, 0) is 25.8 Å². The van der Waals surface area contributed by atoms with Gasteiger partial charge in [0, 0.05) is 36.3 Å². The summed E-state index contributed by atoms with van der Waals surface area (Å²) in [5.41, 5.74) is 2.42. The summed E-state index contributed by atoms with van der Waals surface area (Å²) in [5.74, 6) is -0.0377. The van der Waals surface area contributed by atoms with Gasteiger partial charge in [0.25, 0.3) is 0 Å². The van der Waals surface area contributed by atoms with Crippen molar-refractivity contribution in [2.45, 2.75) is 43.5 Å². The molecule has 0 radical (unpaired) electrons. The van der Waals surface area contributed by atoms with Gasteiger partial charge in [0.05, 0.1) is 13.2 Å². The zero-order chi connectivity index (χ0) is 17.3. The van der Waals surface area contributed by atoms with Crippen LogP contribution in [-0.4, -0.2) is 54.3 Å². The molecule has 4 aliphatic heterocycles. The van der Waals surface area contributed by atoms with E-state index in [2.05, 4.69) is 22.8 Å². The van der Waals surface area contributed by atoms with Crippen LogP contribution in [0.25, 0.3) is 0 Å². The summed E-state index contributed by atoms with van der Waals surface area (Å²) in [5, 5.41) is 11.7. The van der Waals surface area contributed by atoms with Crippen LogP contribution in [0.2, 0.25) is 0 Å². The van der Waals surface area contributed by atoms with E-state index in [1.807, 2.05) is 24.3 Å². The molecule has 0 aliphatic carbocycles. The van der Waals surface area contributed by atoms with Gasteiger partial charge >= 0.3 is 5.97 Å². The van der Waals surface area contributed by atoms with Crippen LogP contribution in [-0.2, 0) is 15.1 Å². The first-order chi connectivity index (χ1) is 12.1. The molecule has 1 N–H and O–H groups in total. The van der Waals surface area contributed by atoms with Gasteiger partial charge in [-0.25, -0.2) is 4.79 Å². The van der Waals surface area contributed by atoms with Gasteiger partial charge in [0.1, 0.15) is 11.6 Å². The summed E-state index contributed by atoms with van der Waals surface area (Å²) in [7, 11) is 1.47. The number of hydrogen-bond donors (Lipinski definition) is 1. The van der Waals surface area contributed by atoms with Crippen molar-refractivity contribution in [2.24, 2.45) is 5.92 Å². The Morgan fingerprint density at radius 2 is 2.20 bits per heavy atom. The van der Waals surface area contributed by atoms with E-state index in [9.17, 15) is 9.90 Å². The first-order valence-electron chi connectivity index (χ1n) is 9.17. The Balaban J connectivity index is 1.74. The summed E-state index contributed by atoms with van der Waals surface area (Å²) in [6.07, 6.45) is 3.79. The molecule has 5 heteroatoms. The van der Waals surface area contributed by atoms with E-state index >= 15 is 0 Å². The van der Waals surface area contributed by atoms with Crippen LogP contribution >= 0.6 is 0 Å². The molecule has 5 atom stereocenters. The van der Waals surface area contributed by atoms with E-state index in [0.717, 1.165) is 30.8 Å². The van der Waals surface area contributed by atoms with Crippen molar-refractivity contribution in [3.05, 3.63) is 41.5 Å². The number of hydrogen-bond acceptors (Lipinski definition) is 5. The lowest BCUT2D eigenvalue weighted by Crippen LogP contribution is -2.73. The molecule has 4 heterocycles. The number of aliphatic hydroxyl groups is 1. The summed E-state index contributed by atoms with van der Waals surface area (Å²) in [6, 6.07) is 7.90. The van der Waals surface area contributed by atoms with Gasteiger partial charge in [0.2, 0.25) is 0 Å². The molecule has 0 saturated carbocycles. The third-order valence-electron chi connectivity index (χ3n) is 6.90. The van der Waals surface area contributed by atoms with Crippen LogP contribution in [0.4, 0.5) is 5.69 Å². The molecule has 1 aromatic rings. The lowest BCUT2D eigenvalue weighted by molar-refractivity contribution is -0.148. The first kappa shape index (κ1) is 15.4. The number of piperidine rings is 3. The number of para-hydroxylation sites is 1. The third-order valence-corrected chi connectivity index (χ3v) is 6.90. The molecule has 5 nitrogen and oxygen atoms in total. The minimum absolute atomic E-state index is 0.0718. The molecule has 2 bridgehead atoms. The fraction of sp³-hybridized carbons (Fsp3) is 0.550. The van der Waals surface area contributed by atoms with Crippen molar-refractivity contribution >= 4 is 11.7 Å². The lowest BCUT2D eigenvalue weighted by atomic mass is 9.68. The second-order valence-corrected chi connectivity index (χ2v) is 7.76. The highest BCUT2D eigenvalue weighted by atomic mass is 16.5. The number of ether oxygens (including phenoxy) is 1. The average Bonchev–Trinajstić information content (AvgIpc) is 2.91. The number of fused-ring (bicyclic) bond motifs is 4. The third kappa shape index (κ3) is 1.78. The molecule has 25 heavy (non-hydrogen) atoms. The number of rotatable bonds is 1. The Morgan fingerprint density at radius 3 is 2.96 bits per heavy atom. The number of benzene rings is 1. The maximum atomic E-state index is 12.8. The van der Waals surface area contributed by atoms with E-state index in [1.54, 1.807) is 0 Å². The van der Waals surface area contributed by atoms with E-state index in [4.69, 9.17) is 4.74 Å². The minimum atomic E-state index is -0.873. The smallest absolute Gasteiger partial charge is 0.329 e. The Bertz CT molecular complexity index is 776. The molecule has 1 aromatic carbocycles. The zero-order valence-electron chi connectivity index (χ0n) is 14.7. The van der Waals surface area contributed by atoms with Crippen molar-refractivity contribution in [1.82, 2.24) is 4.90 Å². The summed E-state index contributed by atoms with van der Waals surface area (Å²) >= 11 is 0. The highest BCUT2D eigenvalue weighted by Gasteiger charge is 2.64. The summed E-state index contributed by atoms with van der Waals surface area (Å²) in [4.78, 5) is 17.5. The topological polar surface area (TPSA) is 53.0 Å². The van der Waals surface area contributed by atoms with Crippen LogP contribution in [0.1, 0.15) is 25.3 Å². The second-order valence-electron chi connectivity index (χ2n) is 7.76. The van der Waals surface area contributed by atoms with Crippen molar-refractivity contribution in [1.29, 1.82) is 0 Å². The van der Waals surface area contributed by atoms with Gasteiger partial charge in [-0.3, -0.25) is 4.90 Å². The fourth-order valence-corrected chi connectivity index (χ4v) is 5.86. The normalized spacial score (nSPS) is 40.1. The maximum Gasteiger partial charge on any atom is 0.329 e. The molecule has 132 valence electrons. The molecule has 0 amide bonds. The van der Waals surface area contributed by atoms with Crippen LogP contribution in [0.3, 0.4) is 0 Å². The number of carbonyl (C=O) groups excluding carboxylic acids is 1. The SMILES string of the molecule is C/C=C1/CN2CC[C@@]3(O)c4ccccc4N4[C@H](C(=O)OC)[C@H]1C[C@H]2[C@@H]43. The molecule has 0 aromatic heterocycles. The Hall–Kier alpha value is -1.85. The number of carbonyl (C=O) groups is 1. The van der Waals surface area contributed by atoms with Crippen molar-refractivity contribution in [3.63, 3.8) is 0 Å². The Morgan fingerprint density at radius 1 is 1.40 bits per heavy atom. The number of methoxy groups -OCH3 is 1. The summed E-state index contributed by atoms with van der Waals surface area (Å²) in [6.45, 7) is 3.86. The van der Waals surface area contributed by atoms with E-state index in [0.29, 0.717) is 6.42 Å². The highest BCUT2D eigenvalue weighted by molar-refractivity contribution is 5.84. The van der Waals surface area contributed by atoms with Crippen LogP contribution in [0.5, 0.6) is 0 Å². The second kappa shape index (κ2) is 5.08. The minimum Gasteiger partial charge on any atom is -0.467 e. The number of allylic oxidation sites excluding steroid dienone is 1. The Labute approximate surface area is 147 Å². The van der Waals surface area contributed by atoms with Crippen molar-refractivity contribution in [3.8, 4) is 0 Å². The molecule has 0 spiro atoms. The highest BCUT2D eigenvalue weighted by Crippen LogP contribution is 2.57. The number of anilines is 1. The molecular formula is C20H24N2O3. The first-order valence-corrected chi connectivity index (χ1v) is 9.17. The Kier molecular flexibility index (Phi) is 3.13. The quantitative estimate of drug-likeness (QED) is 0.622. The van der Waals surface area contributed by atoms with Gasteiger partial charge in [-0.2, -0.15) is 0 Å². The largest absolute Gasteiger partial charge is 0.467 e. The van der Waals surface area contributed by atoms with E-state index < -0.39 is 5.60 Å². The molecule has 3 saturated heterocycles. The standard InChI is InChI=1S/C20H24N2O3/c1-3-12-11-21-9-8-20(24)14-6-4-5-7-15(14)22-17(19(23)25-2)13(12)10-16(21)18(20)22/h3-7,13,16-18,24H,8-11H2,1-2H3/b12-3-/t13-,16-,17-,18+,20+/m0/s1. The summed E-state index contributed by atoms with van der Waals surface area (Å²) < 4.78 is 5.21. The number of nitrogens with zero attached hydrogens (tertiary/aromatic N) is 2. The number of esters is 1. The molecule has 4 aliphatic rings. The maximum absolute atomic E-state index is 12.8. The van der Waals surface area contributed by atoms with Gasteiger partial charge in [-0.15, -0.1) is 0 Å². The molecular weight excluding hydrogens is 316 g/mol. The molecule has 3 fully saturated rings. The van der Waals surface area contributed by atoms with Gasteiger partial charge in [0.15, 0.2) is 0 Å². The van der Waals surface area contributed by atoms with Gasteiger partial charge in [-0.1, -0.05) is 29.8 Å². The van der Waals surface area contributed by atoms with Crippen LogP contribution in [0.15, 0.2) is 35.9 Å². The van der Waals surface area contributed by atoms with Crippen LogP contribution < -0.4 is 4.90 Å². The average molecular weight is 340 g/mol. The molecule has 0 unspecified atom stereocenters. The van der Waals surface area contributed by atoms with E-state index in [-0.39, 0.29) is 30.0 Å². The van der Waals surface area contributed by atoms with Crippen LogP contribution in [0, 0.1) is 5.92 Å². The van der Waals surface area contributed by atoms with E-state index in [1.165, 1.54) is 12.7 Å². The monoisotopic (exact) mass is 340 g/mol. The predicted octanol–water partition coefficient (Wildman–Crippen LogP) is 1.66. The fourth-order valence-electron chi connectivity index (χ4n) is 5.86. The van der Waals surface area contributed by atoms with Crippen molar-refractivity contribution < 1.29 is 14.6 Å². The van der Waals surface area contributed by atoms with Crippen molar-refractivity contribution in [2.75, 3.05) is 25.1 Å².